The Bertz CT molecular complexity index is 3540. The molecule has 1 aromatic heterocycles. The summed E-state index contributed by atoms with van der Waals surface area (Å²) >= 11 is 0. The van der Waals surface area contributed by atoms with Gasteiger partial charge in [-0.1, -0.05) is 42.0 Å². The van der Waals surface area contributed by atoms with Gasteiger partial charge < -0.3 is 69.4 Å². The molecular weight excluding hydrogens is 1250 g/mol. The van der Waals surface area contributed by atoms with E-state index in [-0.39, 0.29) is 101 Å². The van der Waals surface area contributed by atoms with Gasteiger partial charge in [-0.2, -0.15) is 0 Å². The normalized spacial score (nSPS) is 31.3. The van der Waals surface area contributed by atoms with Crippen LogP contribution in [0.4, 0.5) is 0 Å². The molecule has 15 unspecified atom stereocenters. The number of hydrogen-bond acceptors (Lipinski definition) is 18. The summed E-state index contributed by atoms with van der Waals surface area (Å²) in [5.41, 5.74) is 37.4. The van der Waals surface area contributed by atoms with Gasteiger partial charge in [0.1, 0.15) is 18.3 Å². The maximum absolute atomic E-state index is 14.4. The molecule has 7 amide bonds. The molecule has 0 aliphatic carbocycles. The average molecular weight is 1350 g/mol. The van der Waals surface area contributed by atoms with Gasteiger partial charge in [-0.25, -0.2) is 9.55 Å². The van der Waals surface area contributed by atoms with Crippen molar-refractivity contribution >= 4 is 77.3 Å². The van der Waals surface area contributed by atoms with E-state index in [1.807, 2.05) is 87.4 Å². The molecule has 92 heavy (non-hydrogen) atoms. The summed E-state index contributed by atoms with van der Waals surface area (Å²) in [6.45, 7) is 19.3. The second kappa shape index (κ2) is 27.8. The van der Waals surface area contributed by atoms with Crippen LogP contribution in [-0.2, 0) is 68.7 Å². The Morgan fingerprint density at radius 1 is 0.804 bits per heavy atom. The molecule has 29 heteroatoms. The van der Waals surface area contributed by atoms with Crippen LogP contribution in [0.15, 0.2) is 67.8 Å². The van der Waals surface area contributed by atoms with Crippen LogP contribution >= 0.6 is 7.82 Å². The Hall–Kier alpha value is -6.49. The van der Waals surface area contributed by atoms with Crippen molar-refractivity contribution in [2.24, 2.45) is 94.7 Å². The summed E-state index contributed by atoms with van der Waals surface area (Å²) in [6, 6.07) is 2.70. The van der Waals surface area contributed by atoms with Crippen molar-refractivity contribution in [2.75, 3.05) is 13.2 Å². The first-order valence-corrected chi connectivity index (χ1v) is 32.1. The number of hydrogen-bond donors (Lipinski definition) is 11. The maximum atomic E-state index is 14.4. The molecule has 7 heterocycles. The zero-order valence-corrected chi connectivity index (χ0v) is 55.5. The predicted molar refractivity (Wildman–Crippen MR) is 340 cm³/mol. The Morgan fingerprint density at radius 2 is 1.39 bits per heavy atom. The Kier molecular flexibility index (Phi) is 22.6. The number of phosphoric acid groups is 1. The number of aromatic nitrogens is 2. The van der Waals surface area contributed by atoms with Gasteiger partial charge in [0, 0.05) is 148 Å². The monoisotopic (exact) mass is 1350 g/mol. The number of primary amides is 6. The third kappa shape index (κ3) is 14.1. The number of phosphoric ester groups is 1. The SMILES string of the molecule is C.CC1=C2N=C(C=C3NC(=C(C)C4=NC(C)(C5N=C1C(C)(CCC(=O)NCC(C)OP(=O)(O)OC1C(CO)OC(n6cnc7cc(C)c(C)cc76)C1O)C5CC(N)=O)C(C)(CC(N)=O)C4CCC(N)=O)C(C)(CC(N)=O)C3CCC(N)=O)C(C)(C)C2CCC(N)=O.[Co]. The molecular formula is C63H94CoN13O14P. The summed E-state index contributed by atoms with van der Waals surface area (Å²) in [7, 11) is -5.07. The summed E-state index contributed by atoms with van der Waals surface area (Å²) < 4.78 is 32.3. The molecule has 2 saturated heterocycles. The fourth-order valence-corrected chi connectivity index (χ4v) is 16.6. The molecule has 2 fully saturated rings. The molecule has 17 N–H and O–H groups in total. The fraction of sp³-hybridized carbons (Fsp3) is 0.635. The van der Waals surface area contributed by atoms with Gasteiger partial charge in [0.15, 0.2) is 6.23 Å². The van der Waals surface area contributed by atoms with Crippen LogP contribution in [0, 0.1) is 59.2 Å². The Labute approximate surface area is 547 Å². The summed E-state index contributed by atoms with van der Waals surface area (Å²) in [4.78, 5) is 126. The van der Waals surface area contributed by atoms with E-state index < -0.39 is 143 Å². The number of imidazole rings is 1. The van der Waals surface area contributed by atoms with Gasteiger partial charge in [0.25, 0.3) is 0 Å². The Morgan fingerprint density at radius 3 is 1.97 bits per heavy atom. The molecule has 2 aromatic rings. The van der Waals surface area contributed by atoms with Gasteiger partial charge in [0.2, 0.25) is 41.4 Å². The predicted octanol–water partition coefficient (Wildman–Crippen LogP) is 3.80. The van der Waals surface area contributed by atoms with Crippen LogP contribution in [0.25, 0.3) is 11.0 Å². The number of nitrogens with one attached hydrogen (secondary N) is 2. The molecule has 8 rings (SSSR count). The van der Waals surface area contributed by atoms with E-state index in [9.17, 15) is 53.2 Å². The largest absolute Gasteiger partial charge is 0.472 e. The third-order valence-electron chi connectivity index (χ3n) is 20.6. The quantitative estimate of drug-likeness (QED) is 0.0597. The smallest absolute Gasteiger partial charge is 0.394 e. The van der Waals surface area contributed by atoms with Crippen molar-refractivity contribution < 1.29 is 83.8 Å². The van der Waals surface area contributed by atoms with Gasteiger partial charge in [-0.15, -0.1) is 0 Å². The second-order valence-corrected chi connectivity index (χ2v) is 28.4. The first-order valence-electron chi connectivity index (χ1n) is 30.6. The number of rotatable bonds is 26. The van der Waals surface area contributed by atoms with E-state index >= 15 is 0 Å². The van der Waals surface area contributed by atoms with Crippen LogP contribution in [0.3, 0.4) is 0 Å². The molecule has 6 aliphatic rings. The number of carbonyl (C=O) groups is 7. The molecule has 27 nitrogen and oxygen atoms in total. The standard InChI is InChI=1S/C62H90N13O14P.CH4.Co/c1-29-20-39-40(21-30(29)2)75(28-70-39)57-52(84)53(41(27-76)87-57)89-90(85,86)88-31(3)26-69-49(83)18-19-59(8)37(22-46(66)80)56-62(11)61(10,25-48(68)82)36(14-17-45(65)79)51(74-62)33(5)55-60(9,24-47(67)81)34(12-15-43(63)77)38(71-55)23-42-58(6,7)35(13-16-44(64)78)50(72-42)32(4)54(59)73-56;;/h20-21,23,28,31,34-37,41,52-53,56-57,71,76,84H,12-19,22,24-27H2,1-11H3,(H2,63,77)(H2,64,78)(H2,65,79)(H2,66,80)(H2,67,81)(H2,68,82)(H,69,83)(H,85,86);1H4;. The van der Waals surface area contributed by atoms with Gasteiger partial charge in [-0.3, -0.25) is 57.6 Å². The number of benzene rings is 1. The molecule has 15 atom stereocenters. The zero-order chi connectivity index (χ0) is 66.7. The van der Waals surface area contributed by atoms with Crippen LogP contribution < -0.4 is 45.0 Å². The van der Waals surface area contributed by atoms with Crippen molar-refractivity contribution in [1.29, 1.82) is 0 Å². The third-order valence-corrected chi connectivity index (χ3v) is 21.7. The number of nitrogens with two attached hydrogens (primary N) is 6. The van der Waals surface area contributed by atoms with E-state index in [0.717, 1.165) is 11.1 Å². The zero-order valence-electron chi connectivity index (χ0n) is 53.6. The minimum Gasteiger partial charge on any atom is -0.394 e. The van der Waals surface area contributed by atoms with Crippen LogP contribution in [0.2, 0.25) is 0 Å². The first kappa shape index (κ1) is 74.5. The number of aliphatic imine (C=N–C) groups is 3. The molecule has 0 spiro atoms. The topological polar surface area (TPSA) is 460 Å². The van der Waals surface area contributed by atoms with Gasteiger partial charge in [-0.05, 0) is 108 Å². The molecule has 1 radical (unpaired) electrons. The van der Waals surface area contributed by atoms with E-state index in [1.54, 1.807) is 4.57 Å². The van der Waals surface area contributed by atoms with Crippen molar-refractivity contribution in [3.8, 4) is 0 Å². The number of aryl methyl sites for hydroxylation is 2. The van der Waals surface area contributed by atoms with Crippen molar-refractivity contribution in [3.05, 3.63) is 63.9 Å². The molecule has 6 aliphatic heterocycles. The number of allylic oxidation sites excluding steroid dienone is 6. The fourth-order valence-electron chi connectivity index (χ4n) is 15.4. The summed E-state index contributed by atoms with van der Waals surface area (Å²) in [6.07, 6.45) is -4.26. The summed E-state index contributed by atoms with van der Waals surface area (Å²) in [5.74, 6) is -7.18. The van der Waals surface area contributed by atoms with Crippen LogP contribution in [-0.4, -0.2) is 132 Å². The molecule has 8 bridgehead atoms. The maximum Gasteiger partial charge on any atom is 0.472 e. The number of ether oxygens (including phenoxy) is 1. The van der Waals surface area contributed by atoms with Crippen molar-refractivity contribution in [2.45, 2.75) is 196 Å². The van der Waals surface area contributed by atoms with Gasteiger partial charge in [0.05, 0.1) is 41.7 Å². The number of aliphatic hydroxyl groups is 2. The van der Waals surface area contributed by atoms with Crippen LogP contribution in [0.1, 0.15) is 158 Å². The summed E-state index contributed by atoms with van der Waals surface area (Å²) in [5, 5.41) is 28.2. The number of nitrogens with zero attached hydrogens (tertiary/aromatic N) is 5. The minimum absolute atomic E-state index is 0. The minimum atomic E-state index is -5.07. The molecule has 0 saturated carbocycles. The number of fused-ring (bicyclic) bond motifs is 7. The van der Waals surface area contributed by atoms with E-state index in [1.165, 1.54) is 13.3 Å². The van der Waals surface area contributed by atoms with E-state index in [2.05, 4.69) is 15.6 Å². The molecule has 1 aromatic carbocycles. The number of carbonyl (C=O) groups excluding carboxylic acids is 7. The van der Waals surface area contributed by atoms with Crippen molar-refractivity contribution in [1.82, 2.24) is 20.2 Å². The van der Waals surface area contributed by atoms with E-state index in [0.29, 0.717) is 56.4 Å². The number of amides is 7. The van der Waals surface area contributed by atoms with E-state index in [4.69, 9.17) is 63.2 Å². The van der Waals surface area contributed by atoms with Gasteiger partial charge >= 0.3 is 7.82 Å². The van der Waals surface area contributed by atoms with Crippen LogP contribution in [0.5, 0.6) is 0 Å². The number of aliphatic hydroxyl groups excluding tert-OH is 2. The van der Waals surface area contributed by atoms with Crippen molar-refractivity contribution in [3.63, 3.8) is 0 Å². The second-order valence-electron chi connectivity index (χ2n) is 27.1. The average Bonchev–Trinajstić information content (AvgIpc) is 1.53. The molecule has 509 valence electrons. The first-order chi connectivity index (χ1) is 41.8. The Balaban J connectivity index is 0.00000672.